The van der Waals surface area contributed by atoms with Crippen LogP contribution in [-0.2, 0) is 0 Å². The van der Waals surface area contributed by atoms with Gasteiger partial charge < -0.3 is 0 Å². The Morgan fingerprint density at radius 2 is 2.31 bits per heavy atom. The Hall–Kier alpha value is 0.250. The van der Waals surface area contributed by atoms with Gasteiger partial charge in [-0.3, -0.25) is 0 Å². The summed E-state index contributed by atoms with van der Waals surface area (Å²) in [6.07, 6.45) is 9.02. The van der Waals surface area contributed by atoms with Crippen molar-refractivity contribution in [2.24, 2.45) is 0 Å². The molecule has 5 heteroatoms. The Morgan fingerprint density at radius 1 is 1.54 bits per heavy atom. The number of imidazole rings is 1. The molecule has 0 aromatic carbocycles. The average Bonchev–Trinajstić information content (AvgIpc) is 2.61. The van der Waals surface area contributed by atoms with E-state index in [4.69, 9.17) is 0 Å². The molecule has 0 aliphatic carbocycles. The third kappa shape index (κ3) is 1.73. The molecule has 0 unspecified atom stereocenters. The second-order valence-electron chi connectivity index (χ2n) is 3.03. The number of hydrogen-bond acceptors (Lipinski definition) is 2. The van der Waals surface area contributed by atoms with E-state index < -0.39 is 7.20 Å². The van der Waals surface area contributed by atoms with Crippen molar-refractivity contribution in [3.63, 3.8) is 0 Å². The van der Waals surface area contributed by atoms with Crippen molar-refractivity contribution >= 4 is 23.5 Å². The summed E-state index contributed by atoms with van der Waals surface area (Å²) in [6.45, 7) is 0. The fraction of sp³-hybridized carbons (Fsp3) is 0.375. The van der Waals surface area contributed by atoms with Crippen LogP contribution in [0.15, 0.2) is 22.8 Å². The van der Waals surface area contributed by atoms with Gasteiger partial charge in [-0.25, -0.2) is 0 Å². The van der Waals surface area contributed by atoms with Gasteiger partial charge in [-0.2, -0.15) is 0 Å². The van der Waals surface area contributed by atoms with Gasteiger partial charge in [0.25, 0.3) is 0 Å². The number of thiazole rings is 1. The summed E-state index contributed by atoms with van der Waals surface area (Å²) < 4.78 is 2.13. The van der Waals surface area contributed by atoms with Crippen LogP contribution in [-0.4, -0.2) is 26.8 Å². The molecule has 74 valence electrons. The summed E-state index contributed by atoms with van der Waals surface area (Å²) in [7, 11) is -0.545. The molecule has 0 spiro atoms. The second-order valence-corrected chi connectivity index (χ2v) is 16.3. The van der Waals surface area contributed by atoms with Crippen molar-refractivity contribution in [1.29, 1.82) is 0 Å². The van der Waals surface area contributed by atoms with Gasteiger partial charge in [0.15, 0.2) is 0 Å². The molecule has 0 amide bonds. The van der Waals surface area contributed by atoms with Gasteiger partial charge in [0.05, 0.1) is 0 Å². The molecule has 0 saturated carbocycles. The van der Waals surface area contributed by atoms with Crippen LogP contribution in [0, 0.1) is 0 Å². The van der Waals surface area contributed by atoms with Gasteiger partial charge in [-0.15, -0.1) is 0 Å². The normalized spacial score (nSPS) is 14.1. The predicted octanol–water partition coefficient (Wildman–Crippen LogP) is -0.547. The Bertz CT molecular complexity index is 390. The fourth-order valence-corrected chi connectivity index (χ4v) is 4.59. The molecule has 2 aromatic heterocycles. The van der Waals surface area contributed by atoms with Crippen molar-refractivity contribution in [2.45, 2.75) is 5.03 Å². The zero-order chi connectivity index (χ0) is 9.47. The van der Waals surface area contributed by atoms with Crippen molar-refractivity contribution in [3.8, 4) is 0 Å². The van der Waals surface area contributed by atoms with Gasteiger partial charge in [0, 0.05) is 0 Å². The van der Waals surface area contributed by atoms with E-state index in [-0.39, 0.29) is 19.8 Å². The van der Waals surface area contributed by atoms with Gasteiger partial charge in [-0.05, 0) is 0 Å². The molecule has 0 bridgehead atoms. The van der Waals surface area contributed by atoms with Gasteiger partial charge in [0.2, 0.25) is 0 Å². The summed E-state index contributed by atoms with van der Waals surface area (Å²) in [6, 6.07) is 0. The van der Waals surface area contributed by atoms with Gasteiger partial charge in [0.1, 0.15) is 0 Å². The van der Waals surface area contributed by atoms with Crippen LogP contribution in [0.3, 0.4) is 0 Å². The van der Waals surface area contributed by atoms with Gasteiger partial charge >= 0.3 is 92.9 Å². The summed E-state index contributed by atoms with van der Waals surface area (Å²) in [4.78, 5) is 8.14. The summed E-state index contributed by atoms with van der Waals surface area (Å²) in [5.74, 6) is 0. The van der Waals surface area contributed by atoms with Crippen LogP contribution >= 0.6 is 18.5 Å². The standard InChI is InChI=1S/C8H12IN2S2/c1-9-13(2,3)7-6-11-4-5-12-8(11)10-7/h4-6H,1-3H3/q-1. The zero-order valence-corrected chi connectivity index (χ0v) is 11.6. The monoisotopic (exact) mass is 327 g/mol. The van der Waals surface area contributed by atoms with Crippen LogP contribution in [0.25, 0.3) is 4.96 Å². The van der Waals surface area contributed by atoms with Crippen LogP contribution in [0.5, 0.6) is 0 Å². The van der Waals surface area contributed by atoms with Crippen LogP contribution < -0.4 is 19.8 Å². The molecule has 2 nitrogen and oxygen atoms in total. The molecule has 0 aliphatic heterocycles. The van der Waals surface area contributed by atoms with Gasteiger partial charge in [-0.1, -0.05) is 0 Å². The average molecular weight is 327 g/mol. The number of alkyl halides is 1. The molecule has 2 rings (SSSR count). The Balaban J connectivity index is 2.50. The van der Waals surface area contributed by atoms with E-state index in [0.717, 1.165) is 4.96 Å². The van der Waals surface area contributed by atoms with E-state index >= 15 is 0 Å². The summed E-state index contributed by atoms with van der Waals surface area (Å²) >= 11 is 1.99. The van der Waals surface area contributed by atoms with Crippen molar-refractivity contribution < 1.29 is 19.8 Å². The maximum atomic E-state index is 4.66. The maximum absolute atomic E-state index is 4.66. The molecule has 0 aliphatic rings. The van der Waals surface area contributed by atoms with Crippen molar-refractivity contribution in [3.05, 3.63) is 17.8 Å². The van der Waals surface area contributed by atoms with E-state index in [1.165, 1.54) is 5.03 Å². The number of fused-ring (bicyclic) bond motifs is 1. The summed E-state index contributed by atoms with van der Waals surface area (Å²) in [5, 5.41) is 3.41. The summed E-state index contributed by atoms with van der Waals surface area (Å²) in [5.41, 5.74) is 0. The fourth-order valence-electron chi connectivity index (χ4n) is 1.02. The van der Waals surface area contributed by atoms with Crippen LogP contribution in [0.4, 0.5) is 0 Å². The minimum atomic E-state index is -0.545. The third-order valence-corrected chi connectivity index (χ3v) is 12.6. The number of halogens is 1. The first-order chi connectivity index (χ1) is 6.13. The van der Waals surface area contributed by atoms with Crippen molar-refractivity contribution in [1.82, 2.24) is 9.38 Å². The Morgan fingerprint density at radius 3 is 2.92 bits per heavy atom. The molecule has 0 atom stereocenters. The second kappa shape index (κ2) is 3.43. The van der Waals surface area contributed by atoms with Crippen LogP contribution in [0.2, 0.25) is 0 Å². The number of rotatable bonds is 2. The Labute approximate surface area is 92.4 Å². The molecule has 0 saturated heterocycles. The van der Waals surface area contributed by atoms with E-state index in [1.54, 1.807) is 11.3 Å². The SMILES string of the molecule is C[I-]S(C)(C)c1cn2ccsc2n1. The van der Waals surface area contributed by atoms with E-state index in [9.17, 15) is 0 Å². The molecular weight excluding hydrogens is 315 g/mol. The molecule has 0 fully saturated rings. The topological polar surface area (TPSA) is 17.3 Å². The first kappa shape index (κ1) is 9.79. The number of hydrogen-bond donors (Lipinski definition) is 0. The number of aromatic nitrogens is 2. The molecular formula is C8H12IN2S2-. The third-order valence-electron chi connectivity index (χ3n) is 1.95. The molecule has 13 heavy (non-hydrogen) atoms. The van der Waals surface area contributed by atoms with Crippen LogP contribution in [0.1, 0.15) is 0 Å². The molecule has 0 radical (unpaired) electrons. The molecule has 0 N–H and O–H groups in total. The van der Waals surface area contributed by atoms with E-state index in [2.05, 4.69) is 44.6 Å². The Kier molecular flexibility index (Phi) is 2.59. The molecule has 2 aromatic rings. The zero-order valence-electron chi connectivity index (χ0n) is 7.82. The first-order valence-corrected chi connectivity index (χ1v) is 11.8. The number of nitrogens with zero attached hydrogens (tertiary/aromatic N) is 2. The van der Waals surface area contributed by atoms with E-state index in [1.807, 2.05) is 0 Å². The predicted molar refractivity (Wildman–Crippen MR) is 56.7 cm³/mol. The van der Waals surface area contributed by atoms with E-state index in [0.29, 0.717) is 0 Å². The quantitative estimate of drug-likeness (QED) is 0.535. The minimum absolute atomic E-state index is 0.276. The van der Waals surface area contributed by atoms with Crippen molar-refractivity contribution in [2.75, 3.05) is 17.4 Å². The molecule has 2 heterocycles. The first-order valence-electron chi connectivity index (χ1n) is 3.80.